The van der Waals surface area contributed by atoms with Gasteiger partial charge in [0.05, 0.1) is 11.6 Å². The van der Waals surface area contributed by atoms with E-state index in [0.717, 1.165) is 11.0 Å². The second kappa shape index (κ2) is 6.06. The third-order valence-corrected chi connectivity index (χ3v) is 3.73. The predicted octanol–water partition coefficient (Wildman–Crippen LogP) is 3.80. The minimum Gasteiger partial charge on any atom is -0.459 e. The third-order valence-electron chi connectivity index (χ3n) is 3.31. The largest absolute Gasteiger partial charge is 0.459 e. The fourth-order valence-corrected chi connectivity index (χ4v) is 2.51. The predicted molar refractivity (Wildman–Crippen MR) is 88.8 cm³/mol. The Labute approximate surface area is 141 Å². The van der Waals surface area contributed by atoms with Gasteiger partial charge in [0, 0.05) is 10.4 Å². The highest BCUT2D eigenvalue weighted by atomic mass is 35.5. The molecule has 23 heavy (non-hydrogen) atoms. The summed E-state index contributed by atoms with van der Waals surface area (Å²) < 4.78 is 5.77. The van der Waals surface area contributed by atoms with Crippen LogP contribution >= 0.6 is 23.2 Å². The van der Waals surface area contributed by atoms with Crippen molar-refractivity contribution in [3.05, 3.63) is 51.8 Å². The number of primary amides is 1. The molecule has 1 amide bonds. The van der Waals surface area contributed by atoms with E-state index in [4.69, 9.17) is 33.4 Å². The van der Waals surface area contributed by atoms with Crippen LogP contribution in [0.5, 0.6) is 0 Å². The number of aromatic nitrogens is 2. The first-order valence-electron chi connectivity index (χ1n) is 6.72. The number of carbonyl (C=O) groups is 1. The minimum absolute atomic E-state index is 0.0929. The van der Waals surface area contributed by atoms with Crippen LogP contribution in [-0.4, -0.2) is 16.1 Å². The molecule has 0 aliphatic heterocycles. The van der Waals surface area contributed by atoms with E-state index in [2.05, 4.69) is 15.5 Å². The lowest BCUT2D eigenvalue weighted by atomic mass is 10.2. The highest BCUT2D eigenvalue weighted by molar-refractivity contribution is 6.31. The first-order chi connectivity index (χ1) is 10.9. The Kier molecular flexibility index (Phi) is 4.11. The molecule has 6 nitrogen and oxygen atoms in total. The van der Waals surface area contributed by atoms with Gasteiger partial charge in [-0.2, -0.15) is 0 Å². The summed E-state index contributed by atoms with van der Waals surface area (Å²) in [4.78, 5) is 11.5. The van der Waals surface area contributed by atoms with E-state index in [1.165, 1.54) is 6.07 Å². The molecule has 2 aromatic heterocycles. The van der Waals surface area contributed by atoms with Crippen LogP contribution in [0.3, 0.4) is 0 Å². The lowest BCUT2D eigenvalue weighted by molar-refractivity contribution is 0.100. The van der Waals surface area contributed by atoms with E-state index < -0.39 is 5.91 Å². The summed E-state index contributed by atoms with van der Waals surface area (Å²) in [7, 11) is 0. The van der Waals surface area contributed by atoms with Gasteiger partial charge in [-0.15, -0.1) is 10.2 Å². The lowest BCUT2D eigenvalue weighted by Crippen LogP contribution is -2.17. The van der Waals surface area contributed by atoms with Crippen LogP contribution < -0.4 is 11.1 Å². The van der Waals surface area contributed by atoms with Crippen molar-refractivity contribution in [3.8, 4) is 0 Å². The molecule has 8 heteroatoms. The van der Waals surface area contributed by atoms with Gasteiger partial charge in [0.2, 0.25) is 0 Å². The van der Waals surface area contributed by atoms with Crippen molar-refractivity contribution in [1.29, 1.82) is 0 Å². The quantitative estimate of drug-likeness (QED) is 0.746. The molecule has 0 aliphatic carbocycles. The number of benzene rings is 1. The van der Waals surface area contributed by atoms with E-state index in [1.807, 2.05) is 19.1 Å². The summed E-state index contributed by atoms with van der Waals surface area (Å²) in [6, 6.07) is 8.33. The van der Waals surface area contributed by atoms with E-state index in [9.17, 15) is 4.79 Å². The summed E-state index contributed by atoms with van der Waals surface area (Å²) >= 11 is 11.7. The van der Waals surface area contributed by atoms with Gasteiger partial charge in [0.1, 0.15) is 11.3 Å². The van der Waals surface area contributed by atoms with Crippen molar-refractivity contribution in [3.63, 3.8) is 0 Å². The number of anilines is 1. The van der Waals surface area contributed by atoms with E-state index >= 15 is 0 Å². The maximum Gasteiger partial charge on any atom is 0.252 e. The Morgan fingerprint density at radius 3 is 2.78 bits per heavy atom. The fourth-order valence-electron chi connectivity index (χ4n) is 2.19. The molecule has 1 atom stereocenters. The first-order valence-corrected chi connectivity index (χ1v) is 7.48. The van der Waals surface area contributed by atoms with Gasteiger partial charge in [-0.3, -0.25) is 4.79 Å². The Morgan fingerprint density at radius 1 is 1.26 bits per heavy atom. The van der Waals surface area contributed by atoms with Gasteiger partial charge in [0.25, 0.3) is 5.91 Å². The molecule has 118 valence electrons. The number of nitrogens with one attached hydrogen (secondary N) is 1. The molecule has 3 rings (SSSR count). The van der Waals surface area contributed by atoms with Crippen molar-refractivity contribution in [1.82, 2.24) is 10.2 Å². The van der Waals surface area contributed by atoms with Crippen molar-refractivity contribution < 1.29 is 9.21 Å². The van der Waals surface area contributed by atoms with Crippen LogP contribution in [0.25, 0.3) is 11.0 Å². The second-order valence-corrected chi connectivity index (χ2v) is 5.81. The topological polar surface area (TPSA) is 94.0 Å². The molecule has 2 heterocycles. The number of hydrogen-bond acceptors (Lipinski definition) is 5. The molecule has 0 radical (unpaired) electrons. The van der Waals surface area contributed by atoms with Gasteiger partial charge < -0.3 is 15.5 Å². The highest BCUT2D eigenvalue weighted by Crippen LogP contribution is 2.28. The van der Waals surface area contributed by atoms with Crippen LogP contribution in [0, 0.1) is 0 Å². The monoisotopic (exact) mass is 350 g/mol. The molecule has 0 saturated carbocycles. The van der Waals surface area contributed by atoms with E-state index in [1.54, 1.807) is 12.1 Å². The van der Waals surface area contributed by atoms with Gasteiger partial charge in [-0.05, 0) is 37.3 Å². The molecular formula is C15H12Cl2N4O2. The molecule has 0 fully saturated rings. The number of nitrogens with two attached hydrogens (primary N) is 1. The first kappa shape index (κ1) is 15.6. The van der Waals surface area contributed by atoms with Crippen LogP contribution in [0.4, 0.5) is 5.82 Å². The van der Waals surface area contributed by atoms with Crippen molar-refractivity contribution >= 4 is 45.9 Å². The number of furan rings is 1. The number of nitrogens with zero attached hydrogens (tertiary/aromatic N) is 2. The van der Waals surface area contributed by atoms with Gasteiger partial charge in [0.15, 0.2) is 11.0 Å². The molecule has 0 saturated heterocycles. The molecule has 1 aromatic carbocycles. The Morgan fingerprint density at radius 2 is 2.04 bits per heavy atom. The summed E-state index contributed by atoms with van der Waals surface area (Å²) in [5.74, 6) is 0.259. The maximum absolute atomic E-state index is 11.5. The highest BCUT2D eigenvalue weighted by Gasteiger charge is 2.17. The second-order valence-electron chi connectivity index (χ2n) is 4.99. The standard InChI is InChI=1S/C15H12Cl2N4O2/c1-7(12-5-8-4-9(16)2-3-11(8)23-12)19-15-10(14(18)22)6-13(17)20-21-15/h2-7H,1H3,(H2,18,22)(H,19,21). The van der Waals surface area contributed by atoms with Crippen LogP contribution in [0.15, 0.2) is 34.7 Å². The molecule has 0 aliphatic rings. The average Bonchev–Trinajstić information content (AvgIpc) is 2.92. The zero-order valence-corrected chi connectivity index (χ0v) is 13.5. The summed E-state index contributed by atoms with van der Waals surface area (Å²) in [5.41, 5.74) is 6.21. The van der Waals surface area contributed by atoms with Crippen LogP contribution in [-0.2, 0) is 0 Å². The lowest BCUT2D eigenvalue weighted by Gasteiger charge is -2.13. The molecule has 1 unspecified atom stereocenters. The zero-order chi connectivity index (χ0) is 16.6. The zero-order valence-electron chi connectivity index (χ0n) is 12.0. The smallest absolute Gasteiger partial charge is 0.252 e. The Balaban J connectivity index is 1.91. The number of rotatable bonds is 4. The molecule has 3 aromatic rings. The number of amides is 1. The SMILES string of the molecule is CC(Nc1nnc(Cl)cc1C(N)=O)c1cc2cc(Cl)ccc2o1. The molecule has 3 N–H and O–H groups in total. The number of halogens is 2. The van der Waals surface area contributed by atoms with Gasteiger partial charge in [-0.25, -0.2) is 0 Å². The summed E-state index contributed by atoms with van der Waals surface area (Å²) in [6.45, 7) is 1.86. The number of carbonyl (C=O) groups excluding carboxylic acids is 1. The van der Waals surface area contributed by atoms with Crippen LogP contribution in [0.2, 0.25) is 10.2 Å². The third kappa shape index (κ3) is 3.23. The normalized spacial score (nSPS) is 12.3. The van der Waals surface area contributed by atoms with Crippen LogP contribution in [0.1, 0.15) is 29.1 Å². The van der Waals surface area contributed by atoms with Crippen molar-refractivity contribution in [2.24, 2.45) is 5.73 Å². The number of hydrogen-bond donors (Lipinski definition) is 2. The van der Waals surface area contributed by atoms with E-state index in [-0.39, 0.29) is 22.6 Å². The van der Waals surface area contributed by atoms with Gasteiger partial charge in [-0.1, -0.05) is 23.2 Å². The molecule has 0 spiro atoms. The Bertz CT molecular complexity index is 894. The van der Waals surface area contributed by atoms with E-state index in [0.29, 0.717) is 10.8 Å². The van der Waals surface area contributed by atoms with Gasteiger partial charge >= 0.3 is 0 Å². The number of fused-ring (bicyclic) bond motifs is 1. The van der Waals surface area contributed by atoms with Crippen molar-refractivity contribution in [2.45, 2.75) is 13.0 Å². The fraction of sp³-hybridized carbons (Fsp3) is 0.133. The average molecular weight is 351 g/mol. The molecule has 0 bridgehead atoms. The summed E-state index contributed by atoms with van der Waals surface area (Å²) in [6.07, 6.45) is 0. The summed E-state index contributed by atoms with van der Waals surface area (Å²) in [5, 5.41) is 12.3. The molecular weight excluding hydrogens is 339 g/mol. The maximum atomic E-state index is 11.5. The Hall–Kier alpha value is -2.31. The van der Waals surface area contributed by atoms with Crippen molar-refractivity contribution in [2.75, 3.05) is 5.32 Å². The minimum atomic E-state index is -0.645.